The molecule has 3 rings (SSSR count). The molecule has 2 aliphatic carbocycles. The molecule has 0 unspecified atom stereocenters. The van der Waals surface area contributed by atoms with Gasteiger partial charge in [-0.05, 0) is 79.5 Å². The van der Waals surface area contributed by atoms with Gasteiger partial charge in [-0.2, -0.15) is 0 Å². The fourth-order valence-corrected chi connectivity index (χ4v) is 5.71. The monoisotopic (exact) mass is 404 g/mol. The van der Waals surface area contributed by atoms with Crippen LogP contribution in [0.2, 0.25) is 0 Å². The van der Waals surface area contributed by atoms with Gasteiger partial charge in [-0.25, -0.2) is 0 Å². The molecule has 0 aromatic heterocycles. The van der Waals surface area contributed by atoms with Gasteiger partial charge < -0.3 is 0 Å². The van der Waals surface area contributed by atoms with Crippen molar-refractivity contribution >= 4 is 0 Å². The summed E-state index contributed by atoms with van der Waals surface area (Å²) in [6.07, 6.45) is 24.4. The number of rotatable bonds is 8. The SMILES string of the molecule is CCCc1ccc(C#C/C=C/C2CCC(CC[C@H]3CC[C@H](CCC)CC3)CC2)cc1. The summed E-state index contributed by atoms with van der Waals surface area (Å²) in [6.45, 7) is 4.57. The molecule has 0 radical (unpaired) electrons. The van der Waals surface area contributed by atoms with Crippen LogP contribution < -0.4 is 0 Å². The number of aryl methyl sites for hydroxylation is 1. The molecule has 1 aromatic rings. The van der Waals surface area contributed by atoms with E-state index in [4.69, 9.17) is 0 Å². The third-order valence-electron chi connectivity index (χ3n) is 7.70. The van der Waals surface area contributed by atoms with Gasteiger partial charge >= 0.3 is 0 Å². The van der Waals surface area contributed by atoms with Gasteiger partial charge in [0, 0.05) is 5.56 Å². The van der Waals surface area contributed by atoms with Crippen LogP contribution in [0.5, 0.6) is 0 Å². The Hall–Kier alpha value is -1.48. The van der Waals surface area contributed by atoms with Crippen LogP contribution in [0.3, 0.4) is 0 Å². The molecule has 0 heterocycles. The smallest absolute Gasteiger partial charge is 0.0249 e. The van der Waals surface area contributed by atoms with Gasteiger partial charge in [-0.15, -0.1) is 0 Å². The molecule has 164 valence electrons. The third-order valence-corrected chi connectivity index (χ3v) is 7.70. The molecule has 0 saturated heterocycles. The highest BCUT2D eigenvalue weighted by molar-refractivity contribution is 5.38. The van der Waals surface area contributed by atoms with Crippen molar-refractivity contribution in [2.45, 2.75) is 104 Å². The van der Waals surface area contributed by atoms with E-state index < -0.39 is 0 Å². The maximum atomic E-state index is 3.29. The van der Waals surface area contributed by atoms with E-state index in [1.165, 1.54) is 89.0 Å². The van der Waals surface area contributed by atoms with Crippen molar-refractivity contribution in [1.29, 1.82) is 0 Å². The third kappa shape index (κ3) is 7.98. The van der Waals surface area contributed by atoms with E-state index in [-0.39, 0.29) is 0 Å². The van der Waals surface area contributed by atoms with Crippen molar-refractivity contribution in [3.05, 3.63) is 47.5 Å². The van der Waals surface area contributed by atoms with Crippen LogP contribution in [0.25, 0.3) is 0 Å². The Bertz CT molecular complexity index is 667. The maximum absolute atomic E-state index is 3.29. The molecule has 0 nitrogen and oxygen atoms in total. The minimum Gasteiger partial charge on any atom is -0.0730 e. The quantitative estimate of drug-likeness (QED) is 0.380. The lowest BCUT2D eigenvalue weighted by molar-refractivity contribution is 0.221. The largest absolute Gasteiger partial charge is 0.0730 e. The summed E-state index contributed by atoms with van der Waals surface area (Å²) >= 11 is 0. The molecule has 2 saturated carbocycles. The summed E-state index contributed by atoms with van der Waals surface area (Å²) in [5.74, 6) is 10.4. The summed E-state index contributed by atoms with van der Waals surface area (Å²) < 4.78 is 0. The Morgan fingerprint density at radius 1 is 0.733 bits per heavy atom. The summed E-state index contributed by atoms with van der Waals surface area (Å²) in [4.78, 5) is 0. The van der Waals surface area contributed by atoms with Gasteiger partial charge in [-0.3, -0.25) is 0 Å². The zero-order chi connectivity index (χ0) is 21.0. The van der Waals surface area contributed by atoms with Crippen molar-refractivity contribution in [1.82, 2.24) is 0 Å². The first-order valence-corrected chi connectivity index (χ1v) is 13.0. The van der Waals surface area contributed by atoms with Crippen molar-refractivity contribution in [2.24, 2.45) is 23.7 Å². The molecule has 0 N–H and O–H groups in total. The summed E-state index contributed by atoms with van der Waals surface area (Å²) in [5, 5.41) is 0. The van der Waals surface area contributed by atoms with Gasteiger partial charge in [0.05, 0.1) is 0 Å². The fraction of sp³-hybridized carbons (Fsp3) is 0.667. The van der Waals surface area contributed by atoms with Gasteiger partial charge in [0.15, 0.2) is 0 Å². The van der Waals surface area contributed by atoms with Crippen LogP contribution in [0, 0.1) is 35.5 Å². The number of hydrogen-bond acceptors (Lipinski definition) is 0. The second kappa shape index (κ2) is 13.0. The van der Waals surface area contributed by atoms with Crippen molar-refractivity contribution in [3.8, 4) is 11.8 Å². The van der Waals surface area contributed by atoms with Crippen LogP contribution in [-0.4, -0.2) is 0 Å². The topological polar surface area (TPSA) is 0 Å². The average Bonchev–Trinajstić information content (AvgIpc) is 2.78. The zero-order valence-corrected chi connectivity index (χ0v) is 19.7. The summed E-state index contributed by atoms with van der Waals surface area (Å²) in [5.41, 5.74) is 2.55. The molecule has 0 spiro atoms. The predicted molar refractivity (Wildman–Crippen MR) is 131 cm³/mol. The van der Waals surface area contributed by atoms with Crippen LogP contribution in [-0.2, 0) is 6.42 Å². The molecule has 2 fully saturated rings. The Morgan fingerprint density at radius 2 is 1.30 bits per heavy atom. The standard InChI is InChI=1S/C30H44/c1-3-7-25-11-15-27(16-12-25)9-5-6-10-28-17-21-30(22-18-28)24-23-29-19-13-26(8-4-2)14-20-29/h6,10-12,15-16,26,28-30H,3-4,7-8,13-14,17-24H2,1-2H3/b10-6+/t26-,28?,29-,30?. The highest BCUT2D eigenvalue weighted by Crippen LogP contribution is 2.37. The molecule has 30 heavy (non-hydrogen) atoms. The lowest BCUT2D eigenvalue weighted by Crippen LogP contribution is -2.17. The summed E-state index contributed by atoms with van der Waals surface area (Å²) in [7, 11) is 0. The predicted octanol–water partition coefficient (Wildman–Crippen LogP) is 8.74. The second-order valence-electron chi connectivity index (χ2n) is 10.1. The Morgan fingerprint density at radius 3 is 1.87 bits per heavy atom. The lowest BCUT2D eigenvalue weighted by atomic mass is 9.75. The molecular weight excluding hydrogens is 360 g/mol. The lowest BCUT2D eigenvalue weighted by Gasteiger charge is -2.31. The van der Waals surface area contributed by atoms with E-state index in [2.05, 4.69) is 62.1 Å². The molecule has 0 aliphatic heterocycles. The van der Waals surface area contributed by atoms with Gasteiger partial charge in [-0.1, -0.05) is 102 Å². The number of allylic oxidation sites excluding steroid dienone is 2. The maximum Gasteiger partial charge on any atom is 0.0249 e. The van der Waals surface area contributed by atoms with Gasteiger partial charge in [0.2, 0.25) is 0 Å². The zero-order valence-electron chi connectivity index (χ0n) is 19.7. The van der Waals surface area contributed by atoms with Crippen molar-refractivity contribution in [2.75, 3.05) is 0 Å². The normalized spacial score (nSPS) is 27.0. The summed E-state index contributed by atoms with van der Waals surface area (Å²) in [6, 6.07) is 8.76. The van der Waals surface area contributed by atoms with Gasteiger partial charge in [0.25, 0.3) is 0 Å². The molecule has 1 aromatic carbocycles. The van der Waals surface area contributed by atoms with E-state index in [1.54, 1.807) is 0 Å². The Kier molecular flexibility index (Phi) is 10.1. The molecule has 0 bridgehead atoms. The number of benzene rings is 1. The molecule has 0 heteroatoms. The molecule has 0 amide bonds. The second-order valence-corrected chi connectivity index (χ2v) is 10.1. The minimum atomic E-state index is 0.756. The van der Waals surface area contributed by atoms with Gasteiger partial charge in [0.1, 0.15) is 0 Å². The first-order chi connectivity index (χ1) is 14.8. The van der Waals surface area contributed by atoms with E-state index in [0.717, 1.165) is 35.7 Å². The molecule has 0 atom stereocenters. The van der Waals surface area contributed by atoms with Crippen molar-refractivity contribution in [3.63, 3.8) is 0 Å². The molecule has 2 aliphatic rings. The highest BCUT2D eigenvalue weighted by Gasteiger charge is 2.23. The number of hydrogen-bond donors (Lipinski definition) is 0. The van der Waals surface area contributed by atoms with Crippen LogP contribution in [0.4, 0.5) is 0 Å². The van der Waals surface area contributed by atoms with Crippen LogP contribution in [0.15, 0.2) is 36.4 Å². The molecular formula is C30H44. The fourth-order valence-electron chi connectivity index (χ4n) is 5.71. The highest BCUT2D eigenvalue weighted by atomic mass is 14.3. The first kappa shape index (κ1) is 23.2. The first-order valence-electron chi connectivity index (χ1n) is 13.0. The average molecular weight is 405 g/mol. The van der Waals surface area contributed by atoms with Crippen LogP contribution >= 0.6 is 0 Å². The van der Waals surface area contributed by atoms with Crippen LogP contribution in [0.1, 0.15) is 108 Å². The van der Waals surface area contributed by atoms with E-state index in [0.29, 0.717) is 0 Å². The van der Waals surface area contributed by atoms with E-state index >= 15 is 0 Å². The Labute approximate surface area is 186 Å². The minimum absolute atomic E-state index is 0.756. The van der Waals surface area contributed by atoms with E-state index in [9.17, 15) is 0 Å². The Balaban J connectivity index is 1.31. The van der Waals surface area contributed by atoms with E-state index in [1.807, 2.05) is 0 Å². The van der Waals surface area contributed by atoms with Crippen molar-refractivity contribution < 1.29 is 0 Å².